The van der Waals surface area contributed by atoms with Crippen LogP contribution in [0.3, 0.4) is 0 Å². The summed E-state index contributed by atoms with van der Waals surface area (Å²) >= 11 is 0. The number of benzene rings is 3. The molecule has 0 heterocycles. The van der Waals surface area contributed by atoms with Crippen molar-refractivity contribution in [1.29, 1.82) is 0 Å². The molecule has 3 aromatic carbocycles. The number of aryl methyl sites for hydroxylation is 2. The SMILES string of the molecule is B[PH](c1ccccc1)(c1ccc(C)cc1)c1ccc(C)cc1. The van der Waals surface area contributed by atoms with E-state index < -0.39 is 7.14 Å². The van der Waals surface area contributed by atoms with Gasteiger partial charge in [0.05, 0.1) is 0 Å². The van der Waals surface area contributed by atoms with E-state index in [9.17, 15) is 0 Å². The van der Waals surface area contributed by atoms with E-state index in [1.807, 2.05) is 0 Å². The van der Waals surface area contributed by atoms with Crippen LogP contribution >= 0.6 is 7.14 Å². The van der Waals surface area contributed by atoms with E-state index in [2.05, 4.69) is 100 Å². The molecule has 3 rings (SSSR count). The minimum absolute atomic E-state index is 1.32. The molecule has 0 atom stereocenters. The van der Waals surface area contributed by atoms with Crippen molar-refractivity contribution in [3.05, 3.63) is 90.0 Å². The van der Waals surface area contributed by atoms with E-state index in [0.29, 0.717) is 0 Å². The predicted molar refractivity (Wildman–Crippen MR) is 105 cm³/mol. The second-order valence-corrected chi connectivity index (χ2v) is 10.2. The molecule has 0 spiro atoms. The minimum atomic E-state index is -1.92. The monoisotopic (exact) mass is 304 g/mol. The van der Waals surface area contributed by atoms with Gasteiger partial charge in [-0.25, -0.2) is 0 Å². The molecule has 110 valence electrons. The second kappa shape index (κ2) is 6.11. The molecule has 0 aliphatic carbocycles. The summed E-state index contributed by atoms with van der Waals surface area (Å²) in [6.07, 6.45) is 0. The molecule has 0 unspecified atom stereocenters. The summed E-state index contributed by atoms with van der Waals surface area (Å²) in [5.74, 6) is 0. The van der Waals surface area contributed by atoms with Gasteiger partial charge in [0.1, 0.15) is 0 Å². The molecule has 0 N–H and O–H groups in total. The first-order valence-corrected chi connectivity index (χ1v) is 10.3. The van der Waals surface area contributed by atoms with Gasteiger partial charge in [-0.3, -0.25) is 0 Å². The summed E-state index contributed by atoms with van der Waals surface area (Å²) in [4.78, 5) is 0. The first kappa shape index (κ1) is 15.1. The van der Waals surface area contributed by atoms with Gasteiger partial charge in [0.2, 0.25) is 0 Å². The molecular formula is C20H22BP. The van der Waals surface area contributed by atoms with E-state index in [1.165, 1.54) is 27.0 Å². The molecule has 0 amide bonds. The van der Waals surface area contributed by atoms with Crippen LogP contribution in [-0.4, -0.2) is 7.57 Å². The van der Waals surface area contributed by atoms with Crippen molar-refractivity contribution in [3.8, 4) is 0 Å². The van der Waals surface area contributed by atoms with Crippen molar-refractivity contribution >= 4 is 30.6 Å². The van der Waals surface area contributed by atoms with Crippen LogP contribution in [-0.2, 0) is 0 Å². The van der Waals surface area contributed by atoms with Crippen LogP contribution in [0.1, 0.15) is 11.1 Å². The van der Waals surface area contributed by atoms with Crippen LogP contribution in [0.25, 0.3) is 0 Å². The number of rotatable bonds is 3. The fraction of sp³-hybridized carbons (Fsp3) is 0.100. The Hall–Kier alpha value is -1.85. The van der Waals surface area contributed by atoms with Crippen molar-refractivity contribution in [3.63, 3.8) is 0 Å². The summed E-state index contributed by atoms with van der Waals surface area (Å²) < 4.78 is 0. The Morgan fingerprint density at radius 2 is 0.909 bits per heavy atom. The first-order valence-electron chi connectivity index (χ1n) is 7.80. The van der Waals surface area contributed by atoms with Crippen LogP contribution in [0.5, 0.6) is 0 Å². The summed E-state index contributed by atoms with van der Waals surface area (Å²) in [6.45, 7) is 4.30. The van der Waals surface area contributed by atoms with Crippen molar-refractivity contribution < 1.29 is 0 Å². The van der Waals surface area contributed by atoms with Crippen LogP contribution in [0.15, 0.2) is 78.9 Å². The molecule has 0 aliphatic rings. The Morgan fingerprint density at radius 1 is 0.545 bits per heavy atom. The second-order valence-electron chi connectivity index (χ2n) is 6.22. The van der Waals surface area contributed by atoms with Gasteiger partial charge in [0.25, 0.3) is 0 Å². The third kappa shape index (κ3) is 2.74. The van der Waals surface area contributed by atoms with Crippen molar-refractivity contribution in [1.82, 2.24) is 0 Å². The maximum absolute atomic E-state index is 2.46. The van der Waals surface area contributed by atoms with Gasteiger partial charge in [0, 0.05) is 0 Å². The molecule has 0 saturated heterocycles. The third-order valence-corrected chi connectivity index (χ3v) is 9.07. The Bertz CT molecular complexity index is 700. The van der Waals surface area contributed by atoms with Gasteiger partial charge in [-0.2, -0.15) is 0 Å². The molecule has 3 aromatic rings. The van der Waals surface area contributed by atoms with Gasteiger partial charge in [-0.15, -0.1) is 0 Å². The van der Waals surface area contributed by atoms with Crippen molar-refractivity contribution in [2.75, 3.05) is 0 Å². The Balaban J connectivity index is 2.22. The van der Waals surface area contributed by atoms with Gasteiger partial charge >= 0.3 is 134 Å². The Labute approximate surface area is 134 Å². The zero-order chi connectivity index (χ0) is 15.6. The fourth-order valence-electron chi connectivity index (χ4n) is 3.05. The molecule has 0 radical (unpaired) electrons. The zero-order valence-corrected chi connectivity index (χ0v) is 14.5. The Kier molecular flexibility index (Phi) is 4.18. The molecule has 0 nitrogen and oxygen atoms in total. The van der Waals surface area contributed by atoms with Gasteiger partial charge in [0.15, 0.2) is 0 Å². The first-order chi connectivity index (χ1) is 10.6. The zero-order valence-electron chi connectivity index (χ0n) is 13.5. The standard InChI is InChI=1S/C20H22BP/c1-16-8-12-19(13-9-16)22(21,18-6-4-3-5-7-18)20-14-10-17(2)11-15-20/h3-15,22H,21H2,1-2H3. The normalized spacial score (nSPS) is 12.1. The van der Waals surface area contributed by atoms with Crippen LogP contribution in [0.2, 0.25) is 0 Å². The molecule has 0 fully saturated rings. The van der Waals surface area contributed by atoms with Gasteiger partial charge < -0.3 is 0 Å². The molecule has 0 aromatic heterocycles. The summed E-state index contributed by atoms with van der Waals surface area (Å²) in [7, 11) is 0.532. The van der Waals surface area contributed by atoms with Crippen LogP contribution in [0, 0.1) is 13.8 Å². The van der Waals surface area contributed by atoms with E-state index in [1.54, 1.807) is 0 Å². The maximum atomic E-state index is 2.46. The predicted octanol–water partition coefficient (Wildman–Crippen LogP) is 2.88. The van der Waals surface area contributed by atoms with Gasteiger partial charge in [-0.1, -0.05) is 0 Å². The Morgan fingerprint density at radius 3 is 1.32 bits per heavy atom. The van der Waals surface area contributed by atoms with Crippen molar-refractivity contribution in [2.24, 2.45) is 0 Å². The average Bonchev–Trinajstić information content (AvgIpc) is 2.56. The van der Waals surface area contributed by atoms with Crippen LogP contribution in [0.4, 0.5) is 0 Å². The summed E-state index contributed by atoms with van der Waals surface area (Å²) in [6, 6.07) is 29.2. The van der Waals surface area contributed by atoms with E-state index in [-0.39, 0.29) is 0 Å². The molecule has 2 heteroatoms. The molecule has 0 saturated carbocycles. The third-order valence-electron chi connectivity index (χ3n) is 4.61. The average molecular weight is 304 g/mol. The summed E-state index contributed by atoms with van der Waals surface area (Å²) in [5.41, 5.74) is 2.63. The number of hydrogen-bond donors (Lipinski definition) is 0. The molecule has 0 bridgehead atoms. The van der Waals surface area contributed by atoms with Crippen LogP contribution < -0.4 is 15.9 Å². The molecule has 22 heavy (non-hydrogen) atoms. The molecule has 0 aliphatic heterocycles. The number of hydrogen-bond acceptors (Lipinski definition) is 0. The quantitative estimate of drug-likeness (QED) is 0.515. The van der Waals surface area contributed by atoms with Crippen molar-refractivity contribution in [2.45, 2.75) is 13.8 Å². The van der Waals surface area contributed by atoms with E-state index >= 15 is 0 Å². The van der Waals surface area contributed by atoms with E-state index in [0.717, 1.165) is 0 Å². The van der Waals surface area contributed by atoms with E-state index in [4.69, 9.17) is 0 Å². The fourth-order valence-corrected chi connectivity index (χ4v) is 6.57. The topological polar surface area (TPSA) is 0 Å². The molecular weight excluding hydrogens is 282 g/mol. The summed E-state index contributed by atoms with van der Waals surface area (Å²) in [5, 5.41) is 4.39. The van der Waals surface area contributed by atoms with Gasteiger partial charge in [-0.05, 0) is 0 Å².